The van der Waals surface area contributed by atoms with E-state index < -0.39 is 0 Å². The molecule has 0 unspecified atom stereocenters. The summed E-state index contributed by atoms with van der Waals surface area (Å²) in [5, 5.41) is 0. The summed E-state index contributed by atoms with van der Waals surface area (Å²) in [7, 11) is 1.71. The first-order chi connectivity index (χ1) is 8.77. The molecule has 0 bridgehead atoms. The molecular weight excluding hydrogens is 248 g/mol. The standard InChI is InChI=1S/C13H18N2O2S/c1-3-17-11-7-4-6-10-12(11)14-13(18)15(10)8-5-9-16-2/h4,6-7H,3,5,8-9H2,1-2H3,(H,14,18). The molecule has 4 nitrogen and oxygen atoms in total. The number of nitrogens with zero attached hydrogens (tertiary/aromatic N) is 1. The summed E-state index contributed by atoms with van der Waals surface area (Å²) in [6.07, 6.45) is 0.941. The molecule has 98 valence electrons. The smallest absolute Gasteiger partial charge is 0.178 e. The van der Waals surface area contributed by atoms with Gasteiger partial charge in [0.1, 0.15) is 11.3 Å². The number of benzene rings is 1. The Balaban J connectivity index is 2.38. The number of rotatable bonds is 6. The van der Waals surface area contributed by atoms with Crippen molar-refractivity contribution in [2.24, 2.45) is 0 Å². The van der Waals surface area contributed by atoms with Gasteiger partial charge >= 0.3 is 0 Å². The average Bonchev–Trinajstić information content (AvgIpc) is 2.68. The summed E-state index contributed by atoms with van der Waals surface area (Å²) in [6, 6.07) is 6.00. The minimum absolute atomic E-state index is 0.647. The van der Waals surface area contributed by atoms with E-state index in [4.69, 9.17) is 21.7 Å². The number of imidazole rings is 1. The van der Waals surface area contributed by atoms with Gasteiger partial charge in [-0.25, -0.2) is 0 Å². The maximum Gasteiger partial charge on any atom is 0.178 e. The van der Waals surface area contributed by atoms with E-state index >= 15 is 0 Å². The second-order valence-electron chi connectivity index (χ2n) is 4.01. The van der Waals surface area contributed by atoms with Gasteiger partial charge in [0.2, 0.25) is 0 Å². The fraction of sp³-hybridized carbons (Fsp3) is 0.462. The highest BCUT2D eigenvalue weighted by Gasteiger charge is 2.08. The highest BCUT2D eigenvalue weighted by molar-refractivity contribution is 7.71. The maximum absolute atomic E-state index is 5.60. The molecule has 5 heteroatoms. The van der Waals surface area contributed by atoms with E-state index in [9.17, 15) is 0 Å². The van der Waals surface area contributed by atoms with Crippen LogP contribution in [0.25, 0.3) is 11.0 Å². The highest BCUT2D eigenvalue weighted by atomic mass is 32.1. The van der Waals surface area contributed by atoms with Gasteiger partial charge in [0.25, 0.3) is 0 Å². The number of fused-ring (bicyclic) bond motifs is 1. The van der Waals surface area contributed by atoms with Crippen molar-refractivity contribution in [1.29, 1.82) is 0 Å². The quantitative estimate of drug-likeness (QED) is 0.645. The van der Waals surface area contributed by atoms with Crippen LogP contribution < -0.4 is 4.74 Å². The first-order valence-corrected chi connectivity index (χ1v) is 6.52. The third kappa shape index (κ3) is 2.57. The molecule has 0 aliphatic rings. The van der Waals surface area contributed by atoms with E-state index in [0.717, 1.165) is 41.1 Å². The number of aromatic nitrogens is 2. The molecule has 0 aliphatic heterocycles. The van der Waals surface area contributed by atoms with Crippen LogP contribution >= 0.6 is 12.2 Å². The lowest BCUT2D eigenvalue weighted by Crippen LogP contribution is -2.01. The van der Waals surface area contributed by atoms with Crippen LogP contribution in [-0.2, 0) is 11.3 Å². The van der Waals surface area contributed by atoms with Gasteiger partial charge in [0.15, 0.2) is 4.77 Å². The van der Waals surface area contributed by atoms with Gasteiger partial charge in [0.05, 0.1) is 12.1 Å². The maximum atomic E-state index is 5.60. The molecule has 0 saturated carbocycles. The van der Waals surface area contributed by atoms with E-state index in [1.165, 1.54) is 0 Å². The van der Waals surface area contributed by atoms with Crippen LogP contribution in [-0.4, -0.2) is 29.9 Å². The van der Waals surface area contributed by atoms with Gasteiger partial charge < -0.3 is 19.0 Å². The first-order valence-electron chi connectivity index (χ1n) is 6.11. The third-order valence-corrected chi connectivity index (χ3v) is 3.12. The van der Waals surface area contributed by atoms with Crippen molar-refractivity contribution >= 4 is 23.3 Å². The summed E-state index contributed by atoms with van der Waals surface area (Å²) in [5.74, 6) is 0.853. The molecule has 1 aromatic carbocycles. The topological polar surface area (TPSA) is 39.2 Å². The van der Waals surface area contributed by atoms with Crippen LogP contribution in [0.4, 0.5) is 0 Å². The minimum atomic E-state index is 0.647. The van der Waals surface area contributed by atoms with Crippen molar-refractivity contribution in [2.45, 2.75) is 19.9 Å². The monoisotopic (exact) mass is 266 g/mol. The largest absolute Gasteiger partial charge is 0.492 e. The molecule has 1 N–H and O–H groups in total. The van der Waals surface area contributed by atoms with E-state index in [-0.39, 0.29) is 0 Å². The van der Waals surface area contributed by atoms with Gasteiger partial charge in [-0.05, 0) is 37.7 Å². The van der Waals surface area contributed by atoms with Gasteiger partial charge in [-0.2, -0.15) is 0 Å². The van der Waals surface area contributed by atoms with Gasteiger partial charge in [-0.1, -0.05) is 6.07 Å². The molecule has 18 heavy (non-hydrogen) atoms. The van der Waals surface area contributed by atoms with Crippen molar-refractivity contribution in [1.82, 2.24) is 9.55 Å². The number of hydrogen-bond donors (Lipinski definition) is 1. The molecule has 0 saturated heterocycles. The zero-order valence-electron chi connectivity index (χ0n) is 10.7. The van der Waals surface area contributed by atoms with Crippen molar-refractivity contribution in [2.75, 3.05) is 20.3 Å². The zero-order chi connectivity index (χ0) is 13.0. The Hall–Kier alpha value is -1.33. The molecule has 1 aromatic heterocycles. The molecule has 2 rings (SSSR count). The van der Waals surface area contributed by atoms with Gasteiger partial charge in [-0.15, -0.1) is 0 Å². The molecule has 0 atom stereocenters. The Bertz CT molecular complexity index is 574. The number of aromatic amines is 1. The lowest BCUT2D eigenvalue weighted by molar-refractivity contribution is 0.190. The first kappa shape index (κ1) is 13.1. The van der Waals surface area contributed by atoms with Crippen molar-refractivity contribution in [3.63, 3.8) is 0 Å². The van der Waals surface area contributed by atoms with E-state index in [0.29, 0.717) is 6.61 Å². The summed E-state index contributed by atoms with van der Waals surface area (Å²) in [4.78, 5) is 3.22. The molecule has 1 heterocycles. The highest BCUT2D eigenvalue weighted by Crippen LogP contribution is 2.25. The lowest BCUT2D eigenvalue weighted by Gasteiger charge is -2.06. The number of para-hydroxylation sites is 1. The van der Waals surface area contributed by atoms with Crippen LogP contribution in [0.2, 0.25) is 0 Å². The number of nitrogens with one attached hydrogen (secondary N) is 1. The Labute approximate surface area is 112 Å². The Morgan fingerprint density at radius 3 is 2.94 bits per heavy atom. The molecule has 2 aromatic rings. The normalized spacial score (nSPS) is 11.0. The summed E-state index contributed by atoms with van der Waals surface area (Å²) < 4.78 is 13.5. The SMILES string of the molecule is CCOc1cccc2c1[nH]c(=S)n2CCCOC. The van der Waals surface area contributed by atoms with Crippen molar-refractivity contribution in [3.05, 3.63) is 23.0 Å². The molecule has 0 spiro atoms. The Kier molecular flexibility index (Phi) is 4.38. The summed E-state index contributed by atoms with van der Waals surface area (Å²) >= 11 is 5.36. The molecule has 0 radical (unpaired) electrons. The van der Waals surface area contributed by atoms with Crippen molar-refractivity contribution in [3.8, 4) is 5.75 Å². The van der Waals surface area contributed by atoms with Crippen LogP contribution in [0, 0.1) is 4.77 Å². The van der Waals surface area contributed by atoms with Crippen molar-refractivity contribution < 1.29 is 9.47 Å². The number of ether oxygens (including phenoxy) is 2. The van der Waals surface area contributed by atoms with Crippen LogP contribution in [0.5, 0.6) is 5.75 Å². The number of hydrogen-bond acceptors (Lipinski definition) is 3. The number of aryl methyl sites for hydroxylation is 1. The second-order valence-corrected chi connectivity index (χ2v) is 4.40. The summed E-state index contributed by atoms with van der Waals surface area (Å²) in [5.41, 5.74) is 2.06. The van der Waals surface area contributed by atoms with Gasteiger partial charge in [-0.3, -0.25) is 0 Å². The van der Waals surface area contributed by atoms with E-state index in [2.05, 4.69) is 15.6 Å². The van der Waals surface area contributed by atoms with Crippen LogP contribution in [0.3, 0.4) is 0 Å². The number of methoxy groups -OCH3 is 1. The lowest BCUT2D eigenvalue weighted by atomic mass is 10.3. The van der Waals surface area contributed by atoms with Crippen LogP contribution in [0.15, 0.2) is 18.2 Å². The summed E-state index contributed by atoms with van der Waals surface area (Å²) in [6.45, 7) is 4.21. The van der Waals surface area contributed by atoms with E-state index in [1.54, 1.807) is 7.11 Å². The van der Waals surface area contributed by atoms with Crippen LogP contribution in [0.1, 0.15) is 13.3 Å². The second kappa shape index (κ2) is 6.02. The fourth-order valence-corrected chi connectivity index (χ4v) is 2.31. The Morgan fingerprint density at radius 1 is 1.39 bits per heavy atom. The number of H-pyrrole nitrogens is 1. The molecular formula is C13H18N2O2S. The average molecular weight is 266 g/mol. The fourth-order valence-electron chi connectivity index (χ4n) is 2.02. The minimum Gasteiger partial charge on any atom is -0.492 e. The molecule has 0 amide bonds. The molecule has 0 fully saturated rings. The van der Waals surface area contributed by atoms with Gasteiger partial charge in [0, 0.05) is 20.3 Å². The zero-order valence-corrected chi connectivity index (χ0v) is 11.5. The third-order valence-electron chi connectivity index (χ3n) is 2.80. The van der Waals surface area contributed by atoms with E-state index in [1.807, 2.05) is 19.1 Å². The predicted molar refractivity (Wildman–Crippen MR) is 74.8 cm³/mol. The molecule has 0 aliphatic carbocycles. The predicted octanol–water partition coefficient (Wildman–Crippen LogP) is 3.13. The Morgan fingerprint density at radius 2 is 2.22 bits per heavy atom.